The minimum absolute atomic E-state index is 0.293. The van der Waals surface area contributed by atoms with Crippen molar-refractivity contribution in [1.82, 2.24) is 0 Å². The second-order valence-corrected chi connectivity index (χ2v) is 7.33. The van der Waals surface area contributed by atoms with E-state index in [1.807, 2.05) is 30.3 Å². The van der Waals surface area contributed by atoms with Gasteiger partial charge in [-0.2, -0.15) is 0 Å². The van der Waals surface area contributed by atoms with Gasteiger partial charge in [-0.1, -0.05) is 0 Å². The number of rotatable bonds is 2. The summed E-state index contributed by atoms with van der Waals surface area (Å²) in [7, 11) is 0. The van der Waals surface area contributed by atoms with Gasteiger partial charge in [-0.3, -0.25) is 0 Å². The van der Waals surface area contributed by atoms with E-state index in [-0.39, 0.29) is 0 Å². The van der Waals surface area contributed by atoms with Crippen LogP contribution < -0.4 is 4.74 Å². The van der Waals surface area contributed by atoms with Crippen LogP contribution in [0.3, 0.4) is 0 Å². The molecule has 0 saturated carbocycles. The third kappa shape index (κ3) is 3.45. The average Bonchev–Trinajstić information content (AvgIpc) is 2.26. The third-order valence-corrected chi connectivity index (χ3v) is 5.75. The van der Waals surface area contributed by atoms with Gasteiger partial charge >= 0.3 is 126 Å². The molecule has 0 aromatic heterocycles. The molecule has 0 saturated heterocycles. The van der Waals surface area contributed by atoms with Gasteiger partial charge in [0.1, 0.15) is 0 Å². The molecule has 1 radical (unpaired) electrons. The summed E-state index contributed by atoms with van der Waals surface area (Å²) in [5, 5.41) is 0. The normalized spacial score (nSPS) is 19.4. The number of allylic oxidation sites excluding steroid dienone is 2. The van der Waals surface area contributed by atoms with Gasteiger partial charge in [-0.05, 0) is 0 Å². The molecule has 89 valence electrons. The Balaban J connectivity index is 2.25. The van der Waals surface area contributed by atoms with Crippen LogP contribution in [0.15, 0.2) is 39.7 Å². The van der Waals surface area contributed by atoms with Crippen molar-refractivity contribution >= 4 is 43.3 Å². The first-order valence-corrected chi connectivity index (χ1v) is 7.66. The van der Waals surface area contributed by atoms with E-state index in [4.69, 9.17) is 4.74 Å². The molecule has 1 aliphatic rings. The zero-order chi connectivity index (χ0) is 12.5. The van der Waals surface area contributed by atoms with Crippen LogP contribution >= 0.6 is 22.6 Å². The van der Waals surface area contributed by atoms with Gasteiger partial charge in [0.05, 0.1) is 0 Å². The van der Waals surface area contributed by atoms with Crippen molar-refractivity contribution in [2.45, 2.75) is 26.7 Å². The topological polar surface area (TPSA) is 9.23 Å². The molecule has 0 atom stereocenters. The molecule has 1 aromatic rings. The molecule has 0 N–H and O–H groups in total. The number of ether oxygens (including phenoxy) is 1. The molecule has 1 aliphatic carbocycles. The van der Waals surface area contributed by atoms with Crippen LogP contribution in [0.1, 0.15) is 26.7 Å². The van der Waals surface area contributed by atoms with Crippen LogP contribution in [0.4, 0.5) is 0 Å². The van der Waals surface area contributed by atoms with Crippen molar-refractivity contribution in [2.24, 2.45) is 5.41 Å². The van der Waals surface area contributed by atoms with Crippen molar-refractivity contribution in [3.8, 4) is 5.75 Å². The van der Waals surface area contributed by atoms with E-state index in [1.165, 1.54) is 7.88 Å². The van der Waals surface area contributed by atoms with E-state index in [9.17, 15) is 0 Å². The number of para-hydroxylation sites is 1. The van der Waals surface area contributed by atoms with Gasteiger partial charge in [0, 0.05) is 0 Å². The third-order valence-electron chi connectivity index (χ3n) is 2.77. The maximum absolute atomic E-state index is 6.01. The van der Waals surface area contributed by atoms with E-state index >= 15 is 0 Å². The fourth-order valence-electron chi connectivity index (χ4n) is 1.98. The number of hydrogen-bond donors (Lipinski definition) is 0. The van der Waals surface area contributed by atoms with Gasteiger partial charge in [-0.25, -0.2) is 0 Å². The maximum atomic E-state index is 6.01. The number of halogens is 1. The van der Waals surface area contributed by atoms with Crippen LogP contribution in [-0.2, 0) is 0 Å². The SMILES string of the molecule is CC1(C)CC(=[As])C(I)=C(Oc2ccccc2)C1. The van der Waals surface area contributed by atoms with Crippen molar-refractivity contribution in [3.05, 3.63) is 39.7 Å². The first-order chi connectivity index (χ1) is 7.98. The Morgan fingerprint density at radius 2 is 1.82 bits per heavy atom. The van der Waals surface area contributed by atoms with Gasteiger partial charge < -0.3 is 0 Å². The zero-order valence-corrected chi connectivity index (χ0v) is 14.1. The molecule has 0 amide bonds. The fraction of sp³-hybridized carbons (Fsp3) is 0.357. The monoisotopic (exact) mass is 401 g/mol. The molecule has 1 nitrogen and oxygen atoms in total. The Labute approximate surface area is 125 Å². The summed E-state index contributed by atoms with van der Waals surface area (Å²) in [6, 6.07) is 10.0. The number of benzene rings is 1. The second kappa shape index (κ2) is 5.27. The molecule has 0 spiro atoms. The minimum atomic E-state index is 0.293. The summed E-state index contributed by atoms with van der Waals surface area (Å²) in [5.74, 6) is 2.03. The molecule has 2 rings (SSSR count). The first-order valence-electron chi connectivity index (χ1n) is 5.65. The number of hydrogen-bond acceptors (Lipinski definition) is 1. The second-order valence-electron chi connectivity index (χ2n) is 5.12. The summed E-state index contributed by atoms with van der Waals surface area (Å²) >= 11 is 5.08. The van der Waals surface area contributed by atoms with E-state index in [0.717, 1.165) is 24.4 Å². The van der Waals surface area contributed by atoms with Crippen LogP contribution in [0.5, 0.6) is 5.75 Å². The van der Waals surface area contributed by atoms with Crippen molar-refractivity contribution in [1.29, 1.82) is 0 Å². The molecular formula is C14H15AsIO. The Morgan fingerprint density at radius 3 is 2.47 bits per heavy atom. The summed E-state index contributed by atoms with van der Waals surface area (Å²) in [5.41, 5.74) is 0.293. The molecular weight excluding hydrogens is 386 g/mol. The van der Waals surface area contributed by atoms with Crippen LogP contribution in [0.25, 0.3) is 0 Å². The summed E-state index contributed by atoms with van der Waals surface area (Å²) < 4.78 is 8.66. The van der Waals surface area contributed by atoms with Crippen LogP contribution in [0.2, 0.25) is 0 Å². The molecule has 0 aliphatic heterocycles. The molecule has 1 aromatic carbocycles. The molecule has 0 unspecified atom stereocenters. The van der Waals surface area contributed by atoms with Crippen LogP contribution in [0, 0.1) is 5.41 Å². The van der Waals surface area contributed by atoms with Gasteiger partial charge in [0.2, 0.25) is 0 Å². The summed E-state index contributed by atoms with van der Waals surface area (Å²) in [4.78, 5) is 0. The Bertz CT molecular complexity index is 462. The van der Waals surface area contributed by atoms with E-state index < -0.39 is 0 Å². The molecule has 3 heteroatoms. The predicted octanol–water partition coefficient (Wildman–Crippen LogP) is 3.87. The van der Waals surface area contributed by atoms with Crippen molar-refractivity contribution < 1.29 is 4.74 Å². The Morgan fingerprint density at radius 1 is 1.18 bits per heavy atom. The molecule has 0 heterocycles. The van der Waals surface area contributed by atoms with Gasteiger partial charge in [-0.15, -0.1) is 0 Å². The summed E-state index contributed by atoms with van der Waals surface area (Å²) in [6.45, 7) is 4.58. The Hall–Kier alpha value is -0.0816. The van der Waals surface area contributed by atoms with E-state index in [1.54, 1.807) is 0 Å². The van der Waals surface area contributed by atoms with E-state index in [0.29, 0.717) is 5.41 Å². The van der Waals surface area contributed by atoms with Crippen molar-refractivity contribution in [2.75, 3.05) is 0 Å². The standard InChI is InChI=1S/C14H15AsIO/c1-14(2)8-11(15)13(16)12(9-14)17-10-6-4-3-5-7-10/h3-7H,8-9H2,1-2H3. The van der Waals surface area contributed by atoms with Gasteiger partial charge in [0.15, 0.2) is 0 Å². The summed E-state index contributed by atoms with van der Waals surface area (Å²) in [6.07, 6.45) is 2.13. The predicted molar refractivity (Wildman–Crippen MR) is 81.9 cm³/mol. The molecule has 17 heavy (non-hydrogen) atoms. The fourth-order valence-corrected chi connectivity index (χ4v) is 3.63. The van der Waals surface area contributed by atoms with E-state index in [2.05, 4.69) is 52.8 Å². The molecule has 0 fully saturated rings. The first kappa shape index (κ1) is 13.4. The van der Waals surface area contributed by atoms with Crippen molar-refractivity contribution in [3.63, 3.8) is 0 Å². The van der Waals surface area contributed by atoms with Crippen LogP contribution in [-0.4, -0.2) is 20.7 Å². The quantitative estimate of drug-likeness (QED) is 0.540. The Kier molecular flexibility index (Phi) is 4.14. The zero-order valence-electron chi connectivity index (χ0n) is 10.0. The molecule has 0 bridgehead atoms. The van der Waals surface area contributed by atoms with Gasteiger partial charge in [0.25, 0.3) is 0 Å². The average molecular weight is 401 g/mol.